The zero-order valence-corrected chi connectivity index (χ0v) is 19.1. The summed E-state index contributed by atoms with van der Waals surface area (Å²) in [6.45, 7) is 7.17. The van der Waals surface area contributed by atoms with Gasteiger partial charge >= 0.3 is 0 Å². The van der Waals surface area contributed by atoms with Crippen LogP contribution in [-0.4, -0.2) is 28.8 Å². The molecule has 0 amide bonds. The van der Waals surface area contributed by atoms with Gasteiger partial charge in [-0.1, -0.05) is 48.5 Å². The fraction of sp³-hybridized carbons (Fsp3) is 0.320. The quantitative estimate of drug-likeness (QED) is 0.468. The number of nitrogens with one attached hydrogen (secondary N) is 1. The van der Waals surface area contributed by atoms with Gasteiger partial charge in [-0.05, 0) is 67.6 Å². The average Bonchev–Trinajstić information content (AvgIpc) is 3.04. The second-order valence-corrected chi connectivity index (χ2v) is 8.76. The standard InChI is InChI=1S/C16H18N2OS.C9H13N/c1-12-16(9-15(11-19)17(12)2)20-18-8-7-13-5-3-4-6-14(13)10-18;1-8-5-3-4-6-9(8)7-10-2/h3-6,9,11H,7-8,10H2,1-2H3;3-6,10H,7H2,1-2H3. The van der Waals surface area contributed by atoms with Crippen LogP contribution in [0.5, 0.6) is 0 Å². The van der Waals surface area contributed by atoms with Crippen molar-refractivity contribution in [3.05, 3.63) is 88.2 Å². The summed E-state index contributed by atoms with van der Waals surface area (Å²) in [6.07, 6.45) is 2.01. The maximum Gasteiger partial charge on any atom is 0.166 e. The number of benzene rings is 2. The number of hydrogen-bond acceptors (Lipinski definition) is 4. The van der Waals surface area contributed by atoms with E-state index >= 15 is 0 Å². The van der Waals surface area contributed by atoms with Crippen molar-refractivity contribution in [3.8, 4) is 0 Å². The summed E-state index contributed by atoms with van der Waals surface area (Å²) in [5.74, 6) is 0. The Balaban J connectivity index is 0.000000216. The number of aromatic nitrogens is 1. The van der Waals surface area contributed by atoms with Gasteiger partial charge in [0.2, 0.25) is 0 Å². The molecule has 3 aromatic rings. The number of nitrogens with zero attached hydrogens (tertiary/aromatic N) is 2. The van der Waals surface area contributed by atoms with Gasteiger partial charge in [0, 0.05) is 37.3 Å². The Kier molecular flexibility index (Phi) is 7.91. The molecule has 0 radical (unpaired) electrons. The molecule has 0 saturated heterocycles. The number of aryl methyl sites for hydroxylation is 1. The Morgan fingerprint density at radius 2 is 1.77 bits per heavy atom. The van der Waals surface area contributed by atoms with E-state index in [1.165, 1.54) is 27.1 Å². The highest BCUT2D eigenvalue weighted by molar-refractivity contribution is 7.97. The SMILES string of the molecule is CNCc1ccccc1C.Cc1c(SN2CCc3ccccc3C2)cc(C=O)n1C. The minimum Gasteiger partial charge on any atom is -0.345 e. The summed E-state index contributed by atoms with van der Waals surface area (Å²) in [6, 6.07) is 19.0. The van der Waals surface area contributed by atoms with Gasteiger partial charge < -0.3 is 9.88 Å². The monoisotopic (exact) mass is 421 g/mol. The molecule has 0 unspecified atom stereocenters. The highest BCUT2D eigenvalue weighted by Gasteiger charge is 2.19. The lowest BCUT2D eigenvalue weighted by Gasteiger charge is -2.27. The Bertz CT molecular complexity index is 996. The van der Waals surface area contributed by atoms with Gasteiger partial charge in [-0.15, -0.1) is 0 Å². The third-order valence-electron chi connectivity index (χ3n) is 5.60. The van der Waals surface area contributed by atoms with E-state index < -0.39 is 0 Å². The van der Waals surface area contributed by atoms with Crippen LogP contribution in [0.15, 0.2) is 59.5 Å². The normalized spacial score (nSPS) is 13.3. The molecule has 2 aromatic carbocycles. The molecule has 1 N–H and O–H groups in total. The maximum absolute atomic E-state index is 11.0. The molecule has 0 fully saturated rings. The highest BCUT2D eigenvalue weighted by atomic mass is 32.2. The fourth-order valence-electron chi connectivity index (χ4n) is 3.59. The molecule has 0 aliphatic carbocycles. The van der Waals surface area contributed by atoms with Crippen molar-refractivity contribution in [1.82, 2.24) is 14.2 Å². The molecule has 1 aromatic heterocycles. The summed E-state index contributed by atoms with van der Waals surface area (Å²) in [4.78, 5) is 12.2. The highest BCUT2D eigenvalue weighted by Crippen LogP contribution is 2.32. The first-order chi connectivity index (χ1) is 14.5. The van der Waals surface area contributed by atoms with Crippen LogP contribution in [0.1, 0.15) is 38.4 Å². The predicted molar refractivity (Wildman–Crippen MR) is 126 cm³/mol. The van der Waals surface area contributed by atoms with Crippen LogP contribution in [0.25, 0.3) is 0 Å². The first-order valence-electron chi connectivity index (χ1n) is 10.3. The molecule has 0 atom stereocenters. The molecular formula is C25H31N3OS. The second-order valence-electron chi connectivity index (χ2n) is 7.63. The van der Waals surface area contributed by atoms with Crippen LogP contribution < -0.4 is 5.32 Å². The van der Waals surface area contributed by atoms with Gasteiger partial charge in [0.25, 0.3) is 0 Å². The van der Waals surface area contributed by atoms with Gasteiger partial charge in [-0.2, -0.15) is 0 Å². The zero-order valence-electron chi connectivity index (χ0n) is 18.3. The molecule has 4 nitrogen and oxygen atoms in total. The van der Waals surface area contributed by atoms with Crippen LogP contribution in [0.3, 0.4) is 0 Å². The number of aldehydes is 1. The Morgan fingerprint density at radius 3 is 2.43 bits per heavy atom. The largest absolute Gasteiger partial charge is 0.345 e. The molecule has 1 aliphatic rings. The fourth-order valence-corrected chi connectivity index (χ4v) is 4.69. The summed E-state index contributed by atoms with van der Waals surface area (Å²) >= 11 is 1.76. The van der Waals surface area contributed by atoms with Crippen molar-refractivity contribution in [2.45, 2.75) is 38.3 Å². The third kappa shape index (κ3) is 5.42. The van der Waals surface area contributed by atoms with Crippen LogP contribution in [0.4, 0.5) is 0 Å². The van der Waals surface area contributed by atoms with Crippen molar-refractivity contribution in [2.24, 2.45) is 7.05 Å². The van der Waals surface area contributed by atoms with E-state index in [1.54, 1.807) is 11.9 Å². The second kappa shape index (κ2) is 10.6. The Hall–Kier alpha value is -2.34. The molecule has 0 spiro atoms. The predicted octanol–water partition coefficient (Wildman–Crippen LogP) is 4.93. The first-order valence-corrected chi connectivity index (χ1v) is 11.1. The van der Waals surface area contributed by atoms with Crippen LogP contribution in [0, 0.1) is 13.8 Å². The van der Waals surface area contributed by atoms with Gasteiger partial charge in [0.15, 0.2) is 6.29 Å². The molecule has 0 bridgehead atoms. The van der Waals surface area contributed by atoms with E-state index in [1.807, 2.05) is 24.7 Å². The van der Waals surface area contributed by atoms with Gasteiger partial charge in [-0.25, -0.2) is 4.31 Å². The van der Waals surface area contributed by atoms with Crippen molar-refractivity contribution >= 4 is 18.2 Å². The van der Waals surface area contributed by atoms with Gasteiger partial charge in [0.05, 0.1) is 5.69 Å². The molecule has 4 rings (SSSR count). The van der Waals surface area contributed by atoms with Gasteiger partial charge in [0.1, 0.15) is 0 Å². The third-order valence-corrected chi connectivity index (χ3v) is 6.78. The van der Waals surface area contributed by atoms with E-state index in [9.17, 15) is 4.79 Å². The lowest BCUT2D eigenvalue weighted by Crippen LogP contribution is -2.24. The van der Waals surface area contributed by atoms with E-state index in [-0.39, 0.29) is 0 Å². The topological polar surface area (TPSA) is 37.3 Å². The van der Waals surface area contributed by atoms with Crippen LogP contribution in [0.2, 0.25) is 0 Å². The molecule has 1 aliphatic heterocycles. The van der Waals surface area contributed by atoms with E-state index in [0.29, 0.717) is 0 Å². The van der Waals surface area contributed by atoms with E-state index in [2.05, 4.69) is 72.0 Å². The van der Waals surface area contributed by atoms with Gasteiger partial charge in [-0.3, -0.25) is 4.79 Å². The summed E-state index contributed by atoms with van der Waals surface area (Å²) < 4.78 is 4.33. The molecule has 2 heterocycles. The minimum absolute atomic E-state index is 0.738. The smallest absolute Gasteiger partial charge is 0.166 e. The lowest BCUT2D eigenvalue weighted by atomic mass is 10.0. The maximum atomic E-state index is 11.0. The number of carbonyl (C=O) groups is 1. The van der Waals surface area contributed by atoms with Crippen molar-refractivity contribution < 1.29 is 4.79 Å². The minimum atomic E-state index is 0.738. The number of carbonyl (C=O) groups excluding carboxylic acids is 1. The lowest BCUT2D eigenvalue weighted by molar-refractivity contribution is 0.111. The molecule has 30 heavy (non-hydrogen) atoms. The number of rotatable bonds is 5. The summed E-state index contributed by atoms with van der Waals surface area (Å²) in [5, 5.41) is 3.12. The van der Waals surface area contributed by atoms with Crippen LogP contribution >= 0.6 is 11.9 Å². The van der Waals surface area contributed by atoms with Crippen molar-refractivity contribution in [3.63, 3.8) is 0 Å². The number of fused-ring (bicyclic) bond motifs is 1. The molecule has 158 valence electrons. The molecule has 0 saturated carbocycles. The van der Waals surface area contributed by atoms with E-state index in [4.69, 9.17) is 0 Å². The summed E-state index contributed by atoms with van der Waals surface area (Å²) in [5.41, 5.74) is 7.50. The van der Waals surface area contributed by atoms with Crippen molar-refractivity contribution in [2.75, 3.05) is 13.6 Å². The molecule has 5 heteroatoms. The zero-order chi connectivity index (χ0) is 21.5. The molecular weight excluding hydrogens is 390 g/mol. The Morgan fingerprint density at radius 1 is 1.07 bits per heavy atom. The van der Waals surface area contributed by atoms with Crippen LogP contribution in [-0.2, 0) is 26.6 Å². The average molecular weight is 422 g/mol. The Labute approximate surface area is 184 Å². The summed E-state index contributed by atoms with van der Waals surface area (Å²) in [7, 11) is 3.90. The van der Waals surface area contributed by atoms with Crippen molar-refractivity contribution in [1.29, 1.82) is 0 Å². The van der Waals surface area contributed by atoms with E-state index in [0.717, 1.165) is 43.7 Å². The first kappa shape index (κ1) is 22.3. The number of hydrogen-bond donors (Lipinski definition) is 1.